The number of nitrogens with zero attached hydrogens (tertiary/aromatic N) is 1. The van der Waals surface area contributed by atoms with Gasteiger partial charge in [0.25, 0.3) is 0 Å². The topological polar surface area (TPSA) is 55.8 Å². The molecule has 0 saturated heterocycles. The van der Waals surface area contributed by atoms with Crippen LogP contribution in [0.4, 0.5) is 0 Å². The van der Waals surface area contributed by atoms with Crippen LogP contribution in [0.5, 0.6) is 0 Å². The maximum Gasteiger partial charge on any atom is 0.355 e. The molecule has 5 heteroatoms. The highest BCUT2D eigenvalue weighted by Crippen LogP contribution is 2.47. The fourth-order valence-corrected chi connectivity index (χ4v) is 5.51. The number of rotatable bonds is 6. The molecule has 1 aliphatic rings. The summed E-state index contributed by atoms with van der Waals surface area (Å²) in [6.07, 6.45) is 2.15. The molecule has 0 bridgehead atoms. The summed E-state index contributed by atoms with van der Waals surface area (Å²) in [6, 6.07) is 26.4. The van der Waals surface area contributed by atoms with Gasteiger partial charge in [-0.15, -0.1) is 0 Å². The van der Waals surface area contributed by atoms with Crippen molar-refractivity contribution in [2.24, 2.45) is 0 Å². The number of likely N-dealkylation sites (N-methyl/N-ethyl adjacent to an activating group) is 1. The van der Waals surface area contributed by atoms with Crippen molar-refractivity contribution in [2.75, 3.05) is 20.8 Å². The zero-order valence-corrected chi connectivity index (χ0v) is 22.9. The minimum absolute atomic E-state index is 0.195. The Morgan fingerprint density at radius 2 is 1.29 bits per heavy atom. The van der Waals surface area contributed by atoms with Crippen LogP contribution >= 0.6 is 0 Å². The summed E-state index contributed by atoms with van der Waals surface area (Å²) in [6.45, 7) is 8.69. The first-order chi connectivity index (χ1) is 18.3. The molecule has 4 rings (SSSR count). The molecule has 3 aromatic carbocycles. The van der Waals surface area contributed by atoms with Crippen LogP contribution in [-0.2, 0) is 24.5 Å². The lowest BCUT2D eigenvalue weighted by Gasteiger charge is -2.44. The first-order valence-electron chi connectivity index (χ1n) is 12.9. The van der Waals surface area contributed by atoms with E-state index in [1.807, 2.05) is 42.2 Å². The van der Waals surface area contributed by atoms with Gasteiger partial charge in [0, 0.05) is 12.6 Å². The third-order valence-corrected chi connectivity index (χ3v) is 7.54. The van der Waals surface area contributed by atoms with Gasteiger partial charge in [-0.1, -0.05) is 96.1 Å². The Morgan fingerprint density at radius 1 is 0.789 bits per heavy atom. The van der Waals surface area contributed by atoms with Crippen molar-refractivity contribution < 1.29 is 19.1 Å². The summed E-state index contributed by atoms with van der Waals surface area (Å²) in [5, 5.41) is 0. The van der Waals surface area contributed by atoms with Gasteiger partial charge in [-0.2, -0.15) is 0 Å². The predicted octanol–water partition coefficient (Wildman–Crippen LogP) is 6.00. The van der Waals surface area contributed by atoms with Gasteiger partial charge in [-0.05, 0) is 50.0 Å². The van der Waals surface area contributed by atoms with Crippen LogP contribution in [-0.4, -0.2) is 43.6 Å². The minimum atomic E-state index is -0.725. The lowest BCUT2D eigenvalue weighted by atomic mass is 9.67. The average Bonchev–Trinajstić information content (AvgIpc) is 3.06. The van der Waals surface area contributed by atoms with Crippen LogP contribution in [0.1, 0.15) is 41.7 Å². The van der Waals surface area contributed by atoms with E-state index in [2.05, 4.69) is 75.4 Å². The third-order valence-electron chi connectivity index (χ3n) is 7.54. The molecule has 0 fully saturated rings. The van der Waals surface area contributed by atoms with Gasteiger partial charge < -0.3 is 14.4 Å². The van der Waals surface area contributed by atoms with Crippen LogP contribution in [0.3, 0.4) is 0 Å². The highest BCUT2D eigenvalue weighted by Gasteiger charge is 2.47. The Morgan fingerprint density at radius 3 is 1.74 bits per heavy atom. The summed E-state index contributed by atoms with van der Waals surface area (Å²) in [4.78, 5) is 29.0. The number of hydrogen-bond donors (Lipinski definition) is 0. The summed E-state index contributed by atoms with van der Waals surface area (Å²) in [5.41, 5.74) is 5.52. The maximum atomic E-state index is 13.5. The number of ether oxygens (including phenoxy) is 2. The molecule has 38 heavy (non-hydrogen) atoms. The molecular weight excluding hydrogens is 474 g/mol. The Kier molecular flexibility index (Phi) is 7.86. The number of carbonyl (C=O) groups is 2. The number of carbonyl (C=O) groups excluding carboxylic acids is 2. The number of aryl methyl sites for hydroxylation is 2. The normalized spacial score (nSPS) is 16.9. The van der Waals surface area contributed by atoms with Gasteiger partial charge in [0.15, 0.2) is 0 Å². The quantitative estimate of drug-likeness (QED) is 0.382. The first kappa shape index (κ1) is 26.9. The van der Waals surface area contributed by atoms with E-state index in [9.17, 15) is 9.59 Å². The fourth-order valence-electron chi connectivity index (χ4n) is 5.51. The Bertz CT molecular complexity index is 1320. The molecular formula is C33H35NO4. The van der Waals surface area contributed by atoms with Gasteiger partial charge >= 0.3 is 11.9 Å². The standard InChI is InChI=1S/C33H35NO4/c1-7-34-24(4)33(26-17-13-22(2)14-18-26,27-19-15-23(3)16-20-27)21-28(25-11-9-8-10-12-25)29(31(35)37-5)30(34)32(36)38-6/h8-21,24H,7H2,1-6H3. The zero-order valence-electron chi connectivity index (χ0n) is 22.9. The molecule has 0 amide bonds. The van der Waals surface area contributed by atoms with E-state index < -0.39 is 17.4 Å². The minimum Gasteiger partial charge on any atom is -0.465 e. The molecule has 0 radical (unpaired) electrons. The molecule has 5 nitrogen and oxygen atoms in total. The molecule has 1 atom stereocenters. The van der Waals surface area contributed by atoms with Crippen molar-refractivity contribution in [3.8, 4) is 0 Å². The third kappa shape index (κ3) is 4.65. The van der Waals surface area contributed by atoms with Crippen molar-refractivity contribution >= 4 is 17.5 Å². The van der Waals surface area contributed by atoms with Crippen LogP contribution in [0.15, 0.2) is 96.2 Å². The van der Waals surface area contributed by atoms with E-state index in [0.29, 0.717) is 12.1 Å². The first-order valence-corrected chi connectivity index (χ1v) is 12.9. The molecule has 196 valence electrons. The van der Waals surface area contributed by atoms with E-state index in [1.165, 1.54) is 14.2 Å². The van der Waals surface area contributed by atoms with Crippen molar-refractivity contribution in [1.29, 1.82) is 0 Å². The van der Waals surface area contributed by atoms with E-state index in [1.54, 1.807) is 0 Å². The Balaban J connectivity index is 2.22. The van der Waals surface area contributed by atoms with Crippen LogP contribution in [0, 0.1) is 13.8 Å². The second-order valence-electron chi connectivity index (χ2n) is 9.69. The number of benzene rings is 3. The average molecular weight is 510 g/mol. The highest BCUT2D eigenvalue weighted by atomic mass is 16.5. The summed E-state index contributed by atoms with van der Waals surface area (Å²) < 4.78 is 10.6. The van der Waals surface area contributed by atoms with E-state index in [-0.39, 0.29) is 17.3 Å². The molecule has 0 spiro atoms. The molecule has 1 aliphatic heterocycles. The van der Waals surface area contributed by atoms with Gasteiger partial charge in [0.2, 0.25) is 0 Å². The van der Waals surface area contributed by atoms with Gasteiger partial charge in [0.1, 0.15) is 5.70 Å². The Hall–Kier alpha value is -4.12. The van der Waals surface area contributed by atoms with Crippen molar-refractivity contribution in [3.63, 3.8) is 0 Å². The van der Waals surface area contributed by atoms with E-state index >= 15 is 0 Å². The number of esters is 2. The van der Waals surface area contributed by atoms with Crippen LogP contribution in [0.2, 0.25) is 0 Å². The van der Waals surface area contributed by atoms with Crippen LogP contribution < -0.4 is 0 Å². The van der Waals surface area contributed by atoms with Gasteiger partial charge in [-0.25, -0.2) is 9.59 Å². The van der Waals surface area contributed by atoms with E-state index in [0.717, 1.165) is 27.8 Å². The maximum absolute atomic E-state index is 13.5. The molecule has 0 aliphatic carbocycles. The fraction of sp³-hybridized carbons (Fsp3) is 0.273. The molecule has 0 saturated carbocycles. The van der Waals surface area contributed by atoms with Crippen molar-refractivity contribution in [2.45, 2.75) is 39.2 Å². The number of methoxy groups -OCH3 is 2. The van der Waals surface area contributed by atoms with Crippen LogP contribution in [0.25, 0.3) is 5.57 Å². The smallest absolute Gasteiger partial charge is 0.355 e. The summed E-state index contributed by atoms with van der Waals surface area (Å²) in [5.74, 6) is -1.17. The molecule has 0 N–H and O–H groups in total. The summed E-state index contributed by atoms with van der Waals surface area (Å²) in [7, 11) is 2.68. The second kappa shape index (κ2) is 11.1. The predicted molar refractivity (Wildman–Crippen MR) is 150 cm³/mol. The molecule has 1 unspecified atom stereocenters. The SMILES string of the molecule is CCN1C(C(=O)OC)=C(C(=O)OC)C(c2ccccc2)=CC(c2ccc(C)cc2)(c2ccc(C)cc2)C1C. The van der Waals surface area contributed by atoms with Crippen molar-refractivity contribution in [1.82, 2.24) is 4.90 Å². The molecule has 3 aromatic rings. The Labute approximate surface area is 225 Å². The number of hydrogen-bond acceptors (Lipinski definition) is 5. The largest absolute Gasteiger partial charge is 0.465 e. The highest BCUT2D eigenvalue weighted by molar-refractivity contribution is 6.13. The van der Waals surface area contributed by atoms with E-state index in [4.69, 9.17) is 9.47 Å². The van der Waals surface area contributed by atoms with Crippen molar-refractivity contribution in [3.05, 3.63) is 124 Å². The monoisotopic (exact) mass is 509 g/mol. The zero-order chi connectivity index (χ0) is 27.4. The lowest BCUT2D eigenvalue weighted by molar-refractivity contribution is -0.140. The summed E-state index contributed by atoms with van der Waals surface area (Å²) >= 11 is 0. The lowest BCUT2D eigenvalue weighted by Crippen LogP contribution is -2.49. The molecule has 1 heterocycles. The van der Waals surface area contributed by atoms with Gasteiger partial charge in [-0.3, -0.25) is 0 Å². The second-order valence-corrected chi connectivity index (χ2v) is 9.69. The van der Waals surface area contributed by atoms with Gasteiger partial charge in [0.05, 0.1) is 25.2 Å². The molecule has 0 aromatic heterocycles.